The van der Waals surface area contributed by atoms with E-state index in [1.54, 1.807) is 30.2 Å². The summed E-state index contributed by atoms with van der Waals surface area (Å²) < 4.78 is 46.9. The Morgan fingerprint density at radius 3 is 2.58 bits per heavy atom. The van der Waals surface area contributed by atoms with Crippen molar-refractivity contribution in [2.24, 2.45) is 7.05 Å². The normalized spacial score (nSPS) is 14.7. The van der Waals surface area contributed by atoms with E-state index in [1.165, 1.54) is 12.1 Å². The second kappa shape index (κ2) is 9.16. The summed E-state index contributed by atoms with van der Waals surface area (Å²) in [5.74, 6) is -3.45. The van der Waals surface area contributed by atoms with Gasteiger partial charge >= 0.3 is 12.1 Å². The first kappa shape index (κ1) is 25.0. The van der Waals surface area contributed by atoms with Crippen LogP contribution in [0.5, 0.6) is 0 Å². The molecule has 190 valence electrons. The van der Waals surface area contributed by atoms with Crippen LogP contribution in [0.15, 0.2) is 30.6 Å². The number of carboxylic acid groups (broad SMARTS) is 1. The molecule has 36 heavy (non-hydrogen) atoms. The standard InChI is InChI=1S/C19H18FN7O2.C2HF3O2/c1-27-14-4-10(20)2-3-11(14)15(26-27)13-6-23-17-16(25-13)12(5-22-17)18(28)24-9-19(29)7-21-8-19;3-2(4,5)1(6)7/h2-6,21,29H,7-9H2,1H3,(H,22,23)(H,24,28);(H,6,7). The molecule has 0 radical (unpaired) electrons. The Bertz CT molecular complexity index is 1460. The van der Waals surface area contributed by atoms with Gasteiger partial charge in [0.1, 0.15) is 28.3 Å². The van der Waals surface area contributed by atoms with E-state index in [1.807, 2.05) is 0 Å². The first-order chi connectivity index (χ1) is 16.9. The first-order valence-corrected chi connectivity index (χ1v) is 10.4. The molecule has 1 saturated heterocycles. The van der Waals surface area contributed by atoms with Crippen LogP contribution < -0.4 is 10.6 Å². The number of carbonyl (C=O) groups is 2. The van der Waals surface area contributed by atoms with E-state index in [4.69, 9.17) is 9.90 Å². The van der Waals surface area contributed by atoms with Gasteiger partial charge < -0.3 is 25.8 Å². The summed E-state index contributed by atoms with van der Waals surface area (Å²) in [6.07, 6.45) is -1.98. The number of carbonyl (C=O) groups excluding carboxylic acids is 1. The predicted molar refractivity (Wildman–Crippen MR) is 117 cm³/mol. The van der Waals surface area contributed by atoms with Crippen LogP contribution in [0.2, 0.25) is 0 Å². The van der Waals surface area contributed by atoms with Gasteiger partial charge in [0, 0.05) is 38.3 Å². The van der Waals surface area contributed by atoms with Gasteiger partial charge in [-0.3, -0.25) is 9.48 Å². The van der Waals surface area contributed by atoms with E-state index in [0.29, 0.717) is 46.7 Å². The maximum absolute atomic E-state index is 13.6. The highest BCUT2D eigenvalue weighted by atomic mass is 19.4. The molecule has 1 aliphatic heterocycles. The second-order valence-electron chi connectivity index (χ2n) is 8.10. The molecule has 1 aromatic carbocycles. The average molecular weight is 509 g/mol. The SMILES string of the molecule is Cn1nc(-c2cnc3[nH]cc(C(=O)NCC4(O)CNC4)c3n2)c2ccc(F)cc21.O=C(O)C(F)(F)F. The Balaban J connectivity index is 0.000000384. The summed E-state index contributed by atoms with van der Waals surface area (Å²) in [5, 5.41) is 28.2. The molecule has 11 nitrogen and oxygen atoms in total. The van der Waals surface area contributed by atoms with Crippen molar-refractivity contribution in [1.29, 1.82) is 0 Å². The predicted octanol–water partition coefficient (Wildman–Crippen LogP) is 1.35. The lowest BCUT2D eigenvalue weighted by atomic mass is 9.97. The molecule has 4 aromatic rings. The number of aromatic nitrogens is 5. The molecule has 1 amide bonds. The van der Waals surface area contributed by atoms with Crippen LogP contribution in [-0.4, -0.2) is 78.2 Å². The van der Waals surface area contributed by atoms with Gasteiger partial charge in [0.25, 0.3) is 5.91 Å². The lowest BCUT2D eigenvalue weighted by Crippen LogP contribution is -2.64. The number of fused-ring (bicyclic) bond motifs is 2. The molecule has 4 heterocycles. The molecular formula is C21H19F4N7O4. The van der Waals surface area contributed by atoms with E-state index in [-0.39, 0.29) is 18.3 Å². The number of benzene rings is 1. The summed E-state index contributed by atoms with van der Waals surface area (Å²) in [4.78, 5) is 33.4. The van der Waals surface area contributed by atoms with E-state index in [2.05, 4.69) is 30.7 Å². The van der Waals surface area contributed by atoms with Gasteiger partial charge in [0.2, 0.25) is 0 Å². The summed E-state index contributed by atoms with van der Waals surface area (Å²) >= 11 is 0. The maximum Gasteiger partial charge on any atom is 0.490 e. The summed E-state index contributed by atoms with van der Waals surface area (Å²) in [5.41, 5.74) is 1.95. The largest absolute Gasteiger partial charge is 0.490 e. The van der Waals surface area contributed by atoms with E-state index < -0.39 is 17.7 Å². The van der Waals surface area contributed by atoms with E-state index >= 15 is 0 Å². The Morgan fingerprint density at radius 2 is 1.97 bits per heavy atom. The number of β-amino-alcohol motifs (C(OH)–C–C–N with tert-alkyl or cyclic N) is 1. The van der Waals surface area contributed by atoms with Crippen molar-refractivity contribution in [3.05, 3.63) is 42.0 Å². The minimum atomic E-state index is -5.08. The lowest BCUT2D eigenvalue weighted by Gasteiger charge is -2.37. The highest BCUT2D eigenvalue weighted by Gasteiger charge is 2.38. The van der Waals surface area contributed by atoms with Gasteiger partial charge in [0.05, 0.1) is 17.3 Å². The van der Waals surface area contributed by atoms with Crippen LogP contribution >= 0.6 is 0 Å². The zero-order valence-electron chi connectivity index (χ0n) is 18.5. The molecule has 0 unspecified atom stereocenters. The number of aromatic amines is 1. The number of H-pyrrole nitrogens is 1. The van der Waals surface area contributed by atoms with Crippen LogP contribution in [0.1, 0.15) is 10.4 Å². The lowest BCUT2D eigenvalue weighted by molar-refractivity contribution is -0.192. The monoisotopic (exact) mass is 509 g/mol. The number of aliphatic hydroxyl groups is 1. The highest BCUT2D eigenvalue weighted by Crippen LogP contribution is 2.28. The van der Waals surface area contributed by atoms with Crippen molar-refractivity contribution in [3.8, 4) is 11.4 Å². The third-order valence-electron chi connectivity index (χ3n) is 5.41. The number of nitrogens with one attached hydrogen (secondary N) is 3. The van der Waals surface area contributed by atoms with Crippen molar-refractivity contribution in [1.82, 2.24) is 35.4 Å². The number of alkyl halides is 3. The van der Waals surface area contributed by atoms with Gasteiger partial charge in [-0.2, -0.15) is 18.3 Å². The van der Waals surface area contributed by atoms with Crippen LogP contribution in [0, 0.1) is 5.82 Å². The van der Waals surface area contributed by atoms with Crippen LogP contribution in [-0.2, 0) is 11.8 Å². The van der Waals surface area contributed by atoms with E-state index in [0.717, 1.165) is 5.39 Å². The average Bonchev–Trinajstić information content (AvgIpc) is 3.36. The van der Waals surface area contributed by atoms with Crippen LogP contribution in [0.4, 0.5) is 17.6 Å². The molecule has 15 heteroatoms. The van der Waals surface area contributed by atoms with Crippen molar-refractivity contribution in [3.63, 3.8) is 0 Å². The van der Waals surface area contributed by atoms with Gasteiger partial charge in [-0.05, 0) is 18.2 Å². The molecule has 5 N–H and O–H groups in total. The fraction of sp³-hybridized carbons (Fsp3) is 0.286. The summed E-state index contributed by atoms with van der Waals surface area (Å²) in [7, 11) is 1.73. The molecule has 0 atom stereocenters. The van der Waals surface area contributed by atoms with Gasteiger partial charge in [0.15, 0.2) is 5.65 Å². The Labute approximate surface area is 199 Å². The zero-order chi connectivity index (χ0) is 26.3. The first-order valence-electron chi connectivity index (χ1n) is 10.4. The minimum Gasteiger partial charge on any atom is -0.475 e. The van der Waals surface area contributed by atoms with Crippen molar-refractivity contribution >= 4 is 33.9 Å². The summed E-state index contributed by atoms with van der Waals surface area (Å²) in [6, 6.07) is 4.43. The molecule has 0 saturated carbocycles. The molecule has 0 aliphatic carbocycles. The van der Waals surface area contributed by atoms with Crippen LogP contribution in [0.25, 0.3) is 33.5 Å². The van der Waals surface area contributed by atoms with Crippen molar-refractivity contribution in [2.75, 3.05) is 19.6 Å². The quantitative estimate of drug-likeness (QED) is 0.258. The fourth-order valence-electron chi connectivity index (χ4n) is 3.48. The van der Waals surface area contributed by atoms with Gasteiger partial charge in [-0.15, -0.1) is 0 Å². The molecule has 5 rings (SSSR count). The highest BCUT2D eigenvalue weighted by molar-refractivity contribution is 6.05. The molecule has 1 fully saturated rings. The maximum atomic E-state index is 13.6. The number of halogens is 4. The molecular weight excluding hydrogens is 490 g/mol. The van der Waals surface area contributed by atoms with Gasteiger partial charge in [-0.1, -0.05) is 0 Å². The Morgan fingerprint density at radius 1 is 1.28 bits per heavy atom. The number of hydrogen-bond acceptors (Lipinski definition) is 7. The number of carboxylic acids is 1. The molecule has 3 aromatic heterocycles. The number of nitrogens with zero attached hydrogens (tertiary/aromatic N) is 4. The Hall–Kier alpha value is -4.11. The number of aryl methyl sites for hydroxylation is 1. The molecule has 1 aliphatic rings. The third kappa shape index (κ3) is 4.96. The van der Waals surface area contributed by atoms with Crippen LogP contribution in [0.3, 0.4) is 0 Å². The number of aliphatic carboxylic acids is 1. The number of rotatable bonds is 4. The number of hydrogen-bond donors (Lipinski definition) is 5. The van der Waals surface area contributed by atoms with Crippen molar-refractivity contribution in [2.45, 2.75) is 11.8 Å². The second-order valence-corrected chi connectivity index (χ2v) is 8.10. The van der Waals surface area contributed by atoms with Crippen molar-refractivity contribution < 1.29 is 37.4 Å². The zero-order valence-corrected chi connectivity index (χ0v) is 18.5. The van der Waals surface area contributed by atoms with E-state index in [9.17, 15) is 27.5 Å². The smallest absolute Gasteiger partial charge is 0.475 e. The Kier molecular flexibility index (Phi) is 6.36. The number of amides is 1. The molecule has 0 spiro atoms. The fourth-order valence-corrected chi connectivity index (χ4v) is 3.48. The summed E-state index contributed by atoms with van der Waals surface area (Å²) in [6.45, 7) is 1.03. The topological polar surface area (TPSA) is 158 Å². The molecule has 0 bridgehead atoms. The third-order valence-corrected chi connectivity index (χ3v) is 5.41. The van der Waals surface area contributed by atoms with Gasteiger partial charge in [-0.25, -0.2) is 19.2 Å². The minimum absolute atomic E-state index is 0.148.